The highest BCUT2D eigenvalue weighted by Crippen LogP contribution is 1.98. The molecule has 0 saturated carbocycles. The molecule has 0 unspecified atom stereocenters. The van der Waals surface area contributed by atoms with Crippen molar-refractivity contribution in [2.75, 3.05) is 0 Å². The molecule has 1 aromatic heterocycles. The number of carbonyl (C=O) groups excluding carboxylic acids is 1. The number of nitriles is 1. The molecule has 4 heteroatoms. The van der Waals surface area contributed by atoms with Crippen molar-refractivity contribution in [1.29, 1.82) is 5.26 Å². The fraction of sp³-hybridized carbons (Fsp3) is 0.333. The minimum absolute atomic E-state index is 0.0789. The van der Waals surface area contributed by atoms with E-state index in [4.69, 9.17) is 5.26 Å². The van der Waals surface area contributed by atoms with Crippen molar-refractivity contribution in [3.63, 3.8) is 0 Å². The summed E-state index contributed by atoms with van der Waals surface area (Å²) in [5.41, 5.74) is 1.02. The van der Waals surface area contributed by atoms with Gasteiger partial charge in [-0.1, -0.05) is 0 Å². The summed E-state index contributed by atoms with van der Waals surface area (Å²) >= 11 is 0. The topological polar surface area (TPSA) is 57.8 Å². The number of nitrogens with one attached hydrogen (secondary N) is 1. The van der Waals surface area contributed by atoms with Crippen LogP contribution in [0, 0.1) is 11.3 Å². The predicted octanol–water partition coefficient (Wildman–Crippen LogP) is 0.555. The van der Waals surface area contributed by atoms with Crippen molar-refractivity contribution in [3.8, 4) is 6.07 Å². The number of hydrogen-bond acceptors (Lipinski definition) is 2. The summed E-state index contributed by atoms with van der Waals surface area (Å²) in [4.78, 5) is 10.9. The van der Waals surface area contributed by atoms with Crippen molar-refractivity contribution < 1.29 is 4.79 Å². The molecule has 1 amide bonds. The first-order valence-corrected chi connectivity index (χ1v) is 3.98. The molecule has 1 N–H and O–H groups in total. The van der Waals surface area contributed by atoms with Crippen LogP contribution in [0.15, 0.2) is 18.3 Å². The first kappa shape index (κ1) is 9.33. The summed E-state index contributed by atoms with van der Waals surface area (Å²) in [6.45, 7) is 0.476. The average Bonchev–Trinajstić information content (AvgIpc) is 2.48. The van der Waals surface area contributed by atoms with Crippen molar-refractivity contribution in [2.45, 2.75) is 13.0 Å². The van der Waals surface area contributed by atoms with Crippen LogP contribution < -0.4 is 5.32 Å². The highest BCUT2D eigenvalue weighted by Gasteiger charge is 2.00. The van der Waals surface area contributed by atoms with E-state index in [0.717, 1.165) is 5.69 Å². The maximum atomic E-state index is 10.9. The maximum absolute atomic E-state index is 10.9. The summed E-state index contributed by atoms with van der Waals surface area (Å²) in [5.74, 6) is -0.233. The Morgan fingerprint density at radius 1 is 1.77 bits per heavy atom. The lowest BCUT2D eigenvalue weighted by atomic mass is 10.4. The number of rotatable bonds is 3. The van der Waals surface area contributed by atoms with Gasteiger partial charge in [0.15, 0.2) is 0 Å². The van der Waals surface area contributed by atoms with Crippen molar-refractivity contribution >= 4 is 5.91 Å². The Labute approximate surface area is 76.8 Å². The van der Waals surface area contributed by atoms with E-state index in [2.05, 4.69) is 5.32 Å². The van der Waals surface area contributed by atoms with Gasteiger partial charge < -0.3 is 9.88 Å². The Bertz CT molecular complexity index is 335. The zero-order chi connectivity index (χ0) is 9.68. The highest BCUT2D eigenvalue weighted by atomic mass is 16.1. The third kappa shape index (κ3) is 2.64. The third-order valence-corrected chi connectivity index (χ3v) is 1.76. The van der Waals surface area contributed by atoms with Crippen LogP contribution in [0.5, 0.6) is 0 Å². The van der Waals surface area contributed by atoms with E-state index in [1.54, 1.807) is 6.07 Å². The van der Waals surface area contributed by atoms with Crippen LogP contribution >= 0.6 is 0 Å². The van der Waals surface area contributed by atoms with Crippen molar-refractivity contribution in [2.24, 2.45) is 7.05 Å². The van der Waals surface area contributed by atoms with Crippen LogP contribution in [0.25, 0.3) is 0 Å². The lowest BCUT2D eigenvalue weighted by Gasteiger charge is -2.03. The summed E-state index contributed by atoms with van der Waals surface area (Å²) in [5, 5.41) is 10.9. The quantitative estimate of drug-likeness (QED) is 0.733. The van der Waals surface area contributed by atoms with Gasteiger partial charge in [0.1, 0.15) is 6.42 Å². The monoisotopic (exact) mass is 177 g/mol. The Hall–Kier alpha value is -1.76. The summed E-state index contributed by atoms with van der Waals surface area (Å²) in [6, 6.07) is 5.63. The fourth-order valence-electron chi connectivity index (χ4n) is 1.00. The highest BCUT2D eigenvalue weighted by molar-refractivity contribution is 5.77. The number of carbonyl (C=O) groups is 1. The standard InChI is InChI=1S/C9H11N3O/c1-12-6-2-3-8(12)7-11-9(13)4-5-10/h2-3,6H,4,7H2,1H3,(H,11,13). The molecule has 0 fully saturated rings. The van der Waals surface area contributed by atoms with Gasteiger partial charge in [-0.3, -0.25) is 4.79 Å². The van der Waals surface area contributed by atoms with E-state index in [-0.39, 0.29) is 12.3 Å². The smallest absolute Gasteiger partial charge is 0.234 e. The Balaban J connectivity index is 2.40. The van der Waals surface area contributed by atoms with Gasteiger partial charge in [-0.25, -0.2) is 0 Å². The average molecular weight is 177 g/mol. The molecular formula is C9H11N3O. The molecule has 0 aromatic carbocycles. The molecule has 0 bridgehead atoms. The first-order valence-electron chi connectivity index (χ1n) is 3.98. The minimum Gasteiger partial charge on any atom is -0.353 e. The molecule has 0 aliphatic heterocycles. The molecule has 0 spiro atoms. The zero-order valence-corrected chi connectivity index (χ0v) is 7.45. The number of aryl methyl sites for hydroxylation is 1. The molecule has 68 valence electrons. The van der Waals surface area contributed by atoms with Crippen molar-refractivity contribution in [1.82, 2.24) is 9.88 Å². The number of hydrogen-bond donors (Lipinski definition) is 1. The second-order valence-corrected chi connectivity index (χ2v) is 2.72. The minimum atomic E-state index is -0.233. The lowest BCUT2D eigenvalue weighted by molar-refractivity contribution is -0.120. The van der Waals surface area contributed by atoms with Crippen LogP contribution in [0.3, 0.4) is 0 Å². The molecule has 0 atom stereocenters. The normalized spacial score (nSPS) is 9.23. The number of amides is 1. The van der Waals surface area contributed by atoms with Gasteiger partial charge in [-0.05, 0) is 12.1 Å². The van der Waals surface area contributed by atoms with Crippen LogP contribution in [0.2, 0.25) is 0 Å². The SMILES string of the molecule is Cn1cccc1CNC(=O)CC#N. The van der Waals surface area contributed by atoms with Gasteiger partial charge in [0.2, 0.25) is 5.91 Å². The van der Waals surface area contributed by atoms with E-state index < -0.39 is 0 Å². The van der Waals surface area contributed by atoms with E-state index >= 15 is 0 Å². The largest absolute Gasteiger partial charge is 0.353 e. The van der Waals surface area contributed by atoms with E-state index in [9.17, 15) is 4.79 Å². The van der Waals surface area contributed by atoms with Gasteiger partial charge in [-0.15, -0.1) is 0 Å². The van der Waals surface area contributed by atoms with Gasteiger partial charge in [0, 0.05) is 18.9 Å². The fourth-order valence-corrected chi connectivity index (χ4v) is 1.00. The van der Waals surface area contributed by atoms with Crippen LogP contribution in [-0.4, -0.2) is 10.5 Å². The predicted molar refractivity (Wildman–Crippen MR) is 47.5 cm³/mol. The second kappa shape index (κ2) is 4.31. The summed E-state index contributed by atoms with van der Waals surface area (Å²) < 4.78 is 1.92. The Kier molecular flexibility index (Phi) is 3.09. The molecule has 4 nitrogen and oxygen atoms in total. The maximum Gasteiger partial charge on any atom is 0.234 e. The molecule has 0 radical (unpaired) electrons. The van der Waals surface area contributed by atoms with E-state index in [1.165, 1.54) is 0 Å². The number of aromatic nitrogens is 1. The molecule has 1 heterocycles. The molecule has 0 aliphatic rings. The molecule has 1 rings (SSSR count). The van der Waals surface area contributed by atoms with Crippen LogP contribution in [-0.2, 0) is 18.4 Å². The molecule has 0 saturated heterocycles. The molecule has 13 heavy (non-hydrogen) atoms. The van der Waals surface area contributed by atoms with Crippen molar-refractivity contribution in [3.05, 3.63) is 24.0 Å². The molecule has 1 aromatic rings. The Morgan fingerprint density at radius 2 is 2.54 bits per heavy atom. The third-order valence-electron chi connectivity index (χ3n) is 1.76. The van der Waals surface area contributed by atoms with Gasteiger partial charge in [0.25, 0.3) is 0 Å². The van der Waals surface area contributed by atoms with Gasteiger partial charge in [0.05, 0.1) is 12.6 Å². The van der Waals surface area contributed by atoms with E-state index in [1.807, 2.05) is 29.9 Å². The van der Waals surface area contributed by atoms with Gasteiger partial charge in [-0.2, -0.15) is 5.26 Å². The molecular weight excluding hydrogens is 166 g/mol. The van der Waals surface area contributed by atoms with E-state index in [0.29, 0.717) is 6.54 Å². The first-order chi connectivity index (χ1) is 6.24. The van der Waals surface area contributed by atoms with Gasteiger partial charge >= 0.3 is 0 Å². The number of nitrogens with zero attached hydrogens (tertiary/aromatic N) is 2. The zero-order valence-electron chi connectivity index (χ0n) is 7.45. The lowest BCUT2D eigenvalue weighted by Crippen LogP contribution is -2.22. The summed E-state index contributed by atoms with van der Waals surface area (Å²) in [7, 11) is 1.91. The second-order valence-electron chi connectivity index (χ2n) is 2.72. The van der Waals surface area contributed by atoms with Crippen LogP contribution in [0.4, 0.5) is 0 Å². The summed E-state index contributed by atoms with van der Waals surface area (Å²) in [6.07, 6.45) is 1.83. The van der Waals surface area contributed by atoms with Crippen LogP contribution in [0.1, 0.15) is 12.1 Å². The Morgan fingerprint density at radius 3 is 3.08 bits per heavy atom. The molecule has 0 aliphatic carbocycles.